The molecule has 1 nitrogen and oxygen atoms in total. The summed E-state index contributed by atoms with van der Waals surface area (Å²) in [7, 11) is 0. The molecule has 0 saturated carbocycles. The summed E-state index contributed by atoms with van der Waals surface area (Å²) in [4.78, 5) is 0. The topological polar surface area (TPSA) is 20.2 Å². The molecule has 0 heterocycles. The van der Waals surface area contributed by atoms with E-state index in [0.29, 0.717) is 17.5 Å². The average Bonchev–Trinajstić information content (AvgIpc) is 2.41. The van der Waals surface area contributed by atoms with Gasteiger partial charge in [-0.3, -0.25) is 0 Å². The van der Waals surface area contributed by atoms with Crippen molar-refractivity contribution in [3.05, 3.63) is 69.7 Å². The number of hydrogen-bond donors (Lipinski definition) is 1. The lowest BCUT2D eigenvalue weighted by Crippen LogP contribution is -2.26. The van der Waals surface area contributed by atoms with Crippen molar-refractivity contribution >= 4 is 15.9 Å². The Morgan fingerprint density at radius 2 is 1.74 bits per heavy atom. The van der Waals surface area contributed by atoms with Crippen LogP contribution in [0.3, 0.4) is 0 Å². The second kappa shape index (κ2) is 5.39. The summed E-state index contributed by atoms with van der Waals surface area (Å²) in [5, 5.41) is 10.8. The lowest BCUT2D eigenvalue weighted by atomic mass is 9.84. The van der Waals surface area contributed by atoms with E-state index < -0.39 is 17.2 Å². The Morgan fingerprint density at radius 3 is 2.32 bits per heavy atom. The summed E-state index contributed by atoms with van der Waals surface area (Å²) in [6, 6.07) is 10.6. The first-order valence-electron chi connectivity index (χ1n) is 5.91. The maximum absolute atomic E-state index is 13.3. The third-order valence-electron chi connectivity index (χ3n) is 3.21. The fourth-order valence-electron chi connectivity index (χ4n) is 2.07. The molecule has 1 atom stereocenters. The van der Waals surface area contributed by atoms with E-state index in [9.17, 15) is 13.9 Å². The van der Waals surface area contributed by atoms with Crippen molar-refractivity contribution in [2.45, 2.75) is 18.9 Å². The molecule has 0 saturated heterocycles. The minimum absolute atomic E-state index is 0.340. The third-order valence-corrected chi connectivity index (χ3v) is 3.70. The van der Waals surface area contributed by atoms with Gasteiger partial charge in [-0.05, 0) is 41.8 Å². The van der Waals surface area contributed by atoms with Crippen LogP contribution in [0.1, 0.15) is 24.5 Å². The highest BCUT2D eigenvalue weighted by Gasteiger charge is 2.30. The van der Waals surface area contributed by atoms with Crippen LogP contribution in [0.5, 0.6) is 0 Å². The van der Waals surface area contributed by atoms with Crippen molar-refractivity contribution in [1.29, 1.82) is 0 Å². The van der Waals surface area contributed by atoms with Crippen LogP contribution in [0.2, 0.25) is 0 Å². The molecule has 2 rings (SSSR count). The average molecular weight is 327 g/mol. The second-order valence-electron chi connectivity index (χ2n) is 4.35. The quantitative estimate of drug-likeness (QED) is 0.887. The fraction of sp³-hybridized carbons (Fsp3) is 0.200. The van der Waals surface area contributed by atoms with Gasteiger partial charge in [-0.25, -0.2) is 8.78 Å². The van der Waals surface area contributed by atoms with Crippen LogP contribution < -0.4 is 0 Å². The Hall–Kier alpha value is -1.26. The summed E-state index contributed by atoms with van der Waals surface area (Å²) in [5.41, 5.74) is -0.361. The van der Waals surface area contributed by atoms with E-state index in [4.69, 9.17) is 0 Å². The molecule has 0 aliphatic rings. The predicted molar refractivity (Wildman–Crippen MR) is 73.8 cm³/mol. The number of halogens is 3. The van der Waals surface area contributed by atoms with Gasteiger partial charge in [0, 0.05) is 4.47 Å². The predicted octanol–water partition coefficient (Wildman–Crippen LogP) is 4.37. The molecule has 0 aliphatic heterocycles. The minimum atomic E-state index is -1.34. The van der Waals surface area contributed by atoms with E-state index in [2.05, 4.69) is 15.9 Å². The molecule has 0 amide bonds. The van der Waals surface area contributed by atoms with Gasteiger partial charge in [0.1, 0.15) is 5.60 Å². The molecule has 0 bridgehead atoms. The van der Waals surface area contributed by atoms with E-state index in [1.807, 2.05) is 6.07 Å². The van der Waals surface area contributed by atoms with Crippen molar-refractivity contribution in [2.24, 2.45) is 0 Å². The second-order valence-corrected chi connectivity index (χ2v) is 5.27. The summed E-state index contributed by atoms with van der Waals surface area (Å²) in [6.07, 6.45) is 0.356. The van der Waals surface area contributed by atoms with Gasteiger partial charge < -0.3 is 5.11 Å². The van der Waals surface area contributed by atoms with Gasteiger partial charge >= 0.3 is 0 Å². The molecule has 4 heteroatoms. The Morgan fingerprint density at radius 1 is 1.05 bits per heavy atom. The van der Waals surface area contributed by atoms with Gasteiger partial charge in [-0.15, -0.1) is 0 Å². The normalized spacial score (nSPS) is 14.2. The zero-order chi connectivity index (χ0) is 14.0. The summed E-state index contributed by atoms with van der Waals surface area (Å²) < 4.78 is 27.2. The van der Waals surface area contributed by atoms with Gasteiger partial charge in [0.15, 0.2) is 11.6 Å². The monoisotopic (exact) mass is 326 g/mol. The highest BCUT2D eigenvalue weighted by Crippen LogP contribution is 2.34. The molecule has 19 heavy (non-hydrogen) atoms. The van der Waals surface area contributed by atoms with E-state index in [1.54, 1.807) is 25.1 Å². The van der Waals surface area contributed by atoms with Crippen LogP contribution >= 0.6 is 15.9 Å². The number of benzene rings is 2. The van der Waals surface area contributed by atoms with E-state index in [0.717, 1.165) is 16.6 Å². The van der Waals surface area contributed by atoms with Crippen molar-refractivity contribution in [2.75, 3.05) is 0 Å². The Balaban J connectivity index is 2.56. The van der Waals surface area contributed by atoms with Gasteiger partial charge in [-0.1, -0.05) is 41.1 Å². The molecule has 0 spiro atoms. The van der Waals surface area contributed by atoms with Crippen LogP contribution in [0, 0.1) is 11.6 Å². The number of rotatable bonds is 3. The fourth-order valence-corrected chi connectivity index (χ4v) is 2.47. The molecule has 1 unspecified atom stereocenters. The summed E-state index contributed by atoms with van der Waals surface area (Å²) in [6.45, 7) is 1.79. The molecule has 0 aliphatic carbocycles. The molecule has 2 aromatic rings. The van der Waals surface area contributed by atoms with Crippen molar-refractivity contribution < 1.29 is 13.9 Å². The molecular weight excluding hydrogens is 314 g/mol. The van der Waals surface area contributed by atoms with Crippen molar-refractivity contribution in [3.63, 3.8) is 0 Å². The Labute approximate surface area is 119 Å². The van der Waals surface area contributed by atoms with Gasteiger partial charge in [0.05, 0.1) is 0 Å². The lowest BCUT2D eigenvalue weighted by Gasteiger charge is -2.28. The zero-order valence-corrected chi connectivity index (χ0v) is 11.9. The molecular formula is C15H13BrF2O. The maximum atomic E-state index is 13.3. The van der Waals surface area contributed by atoms with Gasteiger partial charge in [-0.2, -0.15) is 0 Å². The van der Waals surface area contributed by atoms with Crippen molar-refractivity contribution in [3.8, 4) is 0 Å². The maximum Gasteiger partial charge on any atom is 0.159 e. The molecule has 0 aromatic heterocycles. The molecule has 0 fully saturated rings. The SMILES string of the molecule is CCC(O)(c1cccc(Br)c1)c1ccc(F)c(F)c1. The van der Waals surface area contributed by atoms with Crippen LogP contribution in [-0.4, -0.2) is 5.11 Å². The van der Waals surface area contributed by atoms with E-state index in [-0.39, 0.29) is 0 Å². The summed E-state index contributed by atoms with van der Waals surface area (Å²) >= 11 is 3.34. The highest BCUT2D eigenvalue weighted by atomic mass is 79.9. The first kappa shape index (κ1) is 14.2. The van der Waals surface area contributed by atoms with Crippen LogP contribution in [0.25, 0.3) is 0 Å². The van der Waals surface area contributed by atoms with E-state index in [1.165, 1.54) is 6.07 Å². The Bertz CT molecular complexity index is 600. The first-order chi connectivity index (χ1) is 8.97. The van der Waals surface area contributed by atoms with E-state index >= 15 is 0 Å². The first-order valence-corrected chi connectivity index (χ1v) is 6.70. The van der Waals surface area contributed by atoms with Gasteiger partial charge in [0.25, 0.3) is 0 Å². The molecule has 1 N–H and O–H groups in total. The number of aliphatic hydroxyl groups is 1. The highest BCUT2D eigenvalue weighted by molar-refractivity contribution is 9.10. The standard InChI is InChI=1S/C15H13BrF2O/c1-2-15(19,10-4-3-5-12(16)8-10)11-6-7-13(17)14(18)9-11/h3-9,19H,2H2,1H3. The van der Waals surface area contributed by atoms with Crippen LogP contribution in [0.15, 0.2) is 46.9 Å². The third kappa shape index (κ3) is 2.69. The van der Waals surface area contributed by atoms with Crippen molar-refractivity contribution in [1.82, 2.24) is 0 Å². The zero-order valence-electron chi connectivity index (χ0n) is 10.3. The molecule has 100 valence electrons. The van der Waals surface area contributed by atoms with Crippen LogP contribution in [-0.2, 0) is 5.60 Å². The minimum Gasteiger partial charge on any atom is -0.380 e. The molecule has 0 radical (unpaired) electrons. The van der Waals surface area contributed by atoms with Gasteiger partial charge in [0.2, 0.25) is 0 Å². The largest absolute Gasteiger partial charge is 0.380 e. The Kier molecular flexibility index (Phi) is 4.02. The van der Waals surface area contributed by atoms with Crippen LogP contribution in [0.4, 0.5) is 8.78 Å². The number of hydrogen-bond acceptors (Lipinski definition) is 1. The lowest BCUT2D eigenvalue weighted by molar-refractivity contribution is 0.0760. The molecule has 2 aromatic carbocycles. The summed E-state index contributed by atoms with van der Waals surface area (Å²) in [5.74, 6) is -1.88. The smallest absolute Gasteiger partial charge is 0.159 e.